The summed E-state index contributed by atoms with van der Waals surface area (Å²) in [6.07, 6.45) is 3.86. The maximum atomic E-state index is 12.5. The van der Waals surface area contributed by atoms with Gasteiger partial charge in [-0.1, -0.05) is 30.7 Å². The Kier molecular flexibility index (Phi) is 9.02. The first-order valence-electron chi connectivity index (χ1n) is 10.9. The van der Waals surface area contributed by atoms with Gasteiger partial charge in [0.1, 0.15) is 5.75 Å². The molecule has 0 aromatic heterocycles. The predicted molar refractivity (Wildman–Crippen MR) is 122 cm³/mol. The van der Waals surface area contributed by atoms with Crippen LogP contribution in [-0.4, -0.2) is 61.0 Å². The van der Waals surface area contributed by atoms with Crippen LogP contribution < -0.4 is 16.0 Å². The number of aromatic hydroxyl groups is 1. The minimum atomic E-state index is -0.178. The van der Waals surface area contributed by atoms with Crippen molar-refractivity contribution in [3.05, 3.63) is 59.7 Å². The van der Waals surface area contributed by atoms with E-state index >= 15 is 0 Å². The van der Waals surface area contributed by atoms with Crippen molar-refractivity contribution in [1.82, 2.24) is 15.5 Å². The lowest BCUT2D eigenvalue weighted by molar-refractivity contribution is -0.115. The van der Waals surface area contributed by atoms with E-state index in [9.17, 15) is 14.7 Å². The number of amides is 1. The summed E-state index contributed by atoms with van der Waals surface area (Å²) < 4.78 is 0. The van der Waals surface area contributed by atoms with Crippen LogP contribution >= 0.6 is 0 Å². The Morgan fingerprint density at radius 3 is 2.48 bits per heavy atom. The average Bonchev–Trinajstić information content (AvgIpc) is 2.79. The minimum Gasteiger partial charge on any atom is -0.508 e. The number of nitrogens with zero attached hydrogens (tertiary/aromatic N) is 1. The molecule has 31 heavy (non-hydrogen) atoms. The van der Waals surface area contributed by atoms with Crippen LogP contribution in [0.2, 0.25) is 0 Å². The third-order valence-electron chi connectivity index (χ3n) is 5.36. The summed E-state index contributed by atoms with van der Waals surface area (Å²) in [6, 6.07) is 13.9. The molecule has 0 atom stereocenters. The lowest BCUT2D eigenvalue weighted by Crippen LogP contribution is -2.37. The van der Waals surface area contributed by atoms with Gasteiger partial charge in [0.05, 0.1) is 13.1 Å². The number of phenolic OH excluding ortho intramolecular Hbond substituents is 1. The van der Waals surface area contributed by atoms with Crippen LogP contribution in [0.25, 0.3) is 0 Å². The number of likely N-dealkylation sites (tertiary alicyclic amines) is 1. The Labute approximate surface area is 183 Å². The number of anilines is 1. The van der Waals surface area contributed by atoms with Gasteiger partial charge < -0.3 is 26.0 Å². The maximum Gasteiger partial charge on any atom is 0.238 e. The van der Waals surface area contributed by atoms with Crippen molar-refractivity contribution in [2.45, 2.75) is 25.8 Å². The van der Waals surface area contributed by atoms with E-state index in [1.807, 2.05) is 0 Å². The Morgan fingerprint density at radius 2 is 1.71 bits per heavy atom. The van der Waals surface area contributed by atoms with E-state index in [-0.39, 0.29) is 24.0 Å². The van der Waals surface area contributed by atoms with E-state index in [1.165, 1.54) is 19.3 Å². The van der Waals surface area contributed by atoms with E-state index in [0.29, 0.717) is 24.3 Å². The molecule has 1 fully saturated rings. The summed E-state index contributed by atoms with van der Waals surface area (Å²) in [5, 5.41) is 18.4. The molecule has 0 radical (unpaired) electrons. The number of carbonyl (C=O) groups excluding carboxylic acids is 2. The average molecular weight is 425 g/mol. The lowest BCUT2D eigenvalue weighted by Gasteiger charge is -2.26. The molecular formula is C24H32N4O3. The zero-order valence-electron chi connectivity index (χ0n) is 17.9. The molecule has 7 heteroatoms. The lowest BCUT2D eigenvalue weighted by atomic mass is 10.1. The minimum absolute atomic E-state index is 0.0141. The molecule has 4 N–H and O–H groups in total. The highest BCUT2D eigenvalue weighted by molar-refractivity contribution is 5.99. The highest BCUT2D eigenvalue weighted by Crippen LogP contribution is 2.12. The molecule has 2 aromatic rings. The normalized spacial score (nSPS) is 14.3. The Balaban J connectivity index is 1.37. The molecule has 7 nitrogen and oxygen atoms in total. The van der Waals surface area contributed by atoms with Crippen molar-refractivity contribution in [2.75, 3.05) is 44.6 Å². The molecule has 0 spiro atoms. The van der Waals surface area contributed by atoms with Crippen LogP contribution in [0.1, 0.15) is 35.2 Å². The number of hydrogen-bond donors (Lipinski definition) is 4. The third kappa shape index (κ3) is 8.13. The van der Waals surface area contributed by atoms with E-state index in [1.54, 1.807) is 48.5 Å². The molecule has 0 unspecified atom stereocenters. The van der Waals surface area contributed by atoms with Gasteiger partial charge in [0.15, 0.2) is 5.78 Å². The van der Waals surface area contributed by atoms with Crippen LogP contribution in [0.15, 0.2) is 48.5 Å². The number of Topliss-reactive ketones (excluding diaryl/α,β-unsaturated/α-hetero) is 1. The largest absolute Gasteiger partial charge is 0.508 e. The van der Waals surface area contributed by atoms with Gasteiger partial charge in [-0.3, -0.25) is 9.59 Å². The van der Waals surface area contributed by atoms with Crippen LogP contribution in [-0.2, 0) is 11.3 Å². The molecule has 1 saturated heterocycles. The SMILES string of the molecule is O=C(CNCc1ccc(O)cc1)Nc1cccc(C(=O)CNCCN2CCCCC2)c1. The molecule has 0 bridgehead atoms. The summed E-state index contributed by atoms with van der Waals surface area (Å²) in [5.41, 5.74) is 2.17. The second-order valence-electron chi connectivity index (χ2n) is 7.90. The van der Waals surface area contributed by atoms with Crippen molar-refractivity contribution >= 4 is 17.4 Å². The van der Waals surface area contributed by atoms with Crippen LogP contribution in [0.5, 0.6) is 5.75 Å². The molecule has 1 heterocycles. The van der Waals surface area contributed by atoms with E-state index in [0.717, 1.165) is 31.7 Å². The highest BCUT2D eigenvalue weighted by Gasteiger charge is 2.11. The molecular weight excluding hydrogens is 392 g/mol. The monoisotopic (exact) mass is 424 g/mol. The van der Waals surface area contributed by atoms with E-state index in [4.69, 9.17) is 0 Å². The van der Waals surface area contributed by atoms with Crippen molar-refractivity contribution in [2.24, 2.45) is 0 Å². The number of nitrogens with one attached hydrogen (secondary N) is 3. The zero-order valence-corrected chi connectivity index (χ0v) is 17.9. The van der Waals surface area contributed by atoms with Crippen LogP contribution in [0.4, 0.5) is 5.69 Å². The van der Waals surface area contributed by atoms with Gasteiger partial charge in [0.25, 0.3) is 0 Å². The molecule has 1 aliphatic heterocycles. The Morgan fingerprint density at radius 1 is 0.935 bits per heavy atom. The second kappa shape index (κ2) is 12.2. The van der Waals surface area contributed by atoms with Crippen molar-refractivity contribution in [3.63, 3.8) is 0 Å². The third-order valence-corrected chi connectivity index (χ3v) is 5.36. The molecule has 3 rings (SSSR count). The number of carbonyl (C=O) groups is 2. The van der Waals surface area contributed by atoms with Gasteiger partial charge in [-0.2, -0.15) is 0 Å². The summed E-state index contributed by atoms with van der Waals surface area (Å²) in [6.45, 7) is 5.05. The first-order valence-corrected chi connectivity index (χ1v) is 10.9. The summed E-state index contributed by atoms with van der Waals surface area (Å²) in [4.78, 5) is 27.1. The molecule has 1 amide bonds. The molecule has 2 aromatic carbocycles. The fourth-order valence-electron chi connectivity index (χ4n) is 3.63. The van der Waals surface area contributed by atoms with Gasteiger partial charge in [-0.05, 0) is 55.8 Å². The zero-order chi connectivity index (χ0) is 21.9. The number of hydrogen-bond acceptors (Lipinski definition) is 6. The fraction of sp³-hybridized carbons (Fsp3) is 0.417. The van der Waals surface area contributed by atoms with Gasteiger partial charge in [0.2, 0.25) is 5.91 Å². The van der Waals surface area contributed by atoms with Gasteiger partial charge in [-0.25, -0.2) is 0 Å². The van der Waals surface area contributed by atoms with Gasteiger partial charge in [0, 0.05) is 30.9 Å². The van der Waals surface area contributed by atoms with Gasteiger partial charge >= 0.3 is 0 Å². The van der Waals surface area contributed by atoms with Gasteiger partial charge in [-0.15, -0.1) is 0 Å². The van der Waals surface area contributed by atoms with E-state index in [2.05, 4.69) is 20.9 Å². The van der Waals surface area contributed by atoms with Crippen molar-refractivity contribution in [1.29, 1.82) is 0 Å². The fourth-order valence-corrected chi connectivity index (χ4v) is 3.63. The number of phenols is 1. The first-order chi connectivity index (χ1) is 15.1. The number of rotatable bonds is 11. The van der Waals surface area contributed by atoms with E-state index < -0.39 is 0 Å². The first kappa shape index (κ1) is 22.9. The topological polar surface area (TPSA) is 93.7 Å². The maximum absolute atomic E-state index is 12.5. The molecule has 166 valence electrons. The van der Waals surface area contributed by atoms with Crippen molar-refractivity contribution in [3.8, 4) is 5.75 Å². The Bertz CT molecular complexity index is 848. The predicted octanol–water partition coefficient (Wildman–Crippen LogP) is 2.38. The molecule has 0 saturated carbocycles. The number of benzene rings is 2. The van der Waals surface area contributed by atoms with Crippen LogP contribution in [0, 0.1) is 0 Å². The Hall–Kier alpha value is -2.74. The summed E-state index contributed by atoms with van der Waals surface area (Å²) in [5.74, 6) is 0.0522. The highest BCUT2D eigenvalue weighted by atomic mass is 16.3. The standard InChI is InChI=1S/C24H32N4O3/c29-22-9-7-19(8-10-22)16-26-18-24(31)27-21-6-4-5-20(15-21)23(30)17-25-11-14-28-12-2-1-3-13-28/h4-10,15,25-26,29H,1-3,11-14,16-18H2,(H,27,31). The quantitative estimate of drug-likeness (QED) is 0.327. The summed E-state index contributed by atoms with van der Waals surface area (Å²) in [7, 11) is 0. The molecule has 0 aliphatic carbocycles. The second-order valence-corrected chi connectivity index (χ2v) is 7.90. The smallest absolute Gasteiger partial charge is 0.238 e. The number of ketones is 1. The number of piperidine rings is 1. The summed E-state index contributed by atoms with van der Waals surface area (Å²) >= 11 is 0. The molecule has 1 aliphatic rings. The van der Waals surface area contributed by atoms with Crippen LogP contribution in [0.3, 0.4) is 0 Å². The van der Waals surface area contributed by atoms with Crippen molar-refractivity contribution < 1.29 is 14.7 Å².